The smallest absolute Gasteiger partial charge is 0.0590 e. The highest BCUT2D eigenvalue weighted by Gasteiger charge is 2.24. The van der Waals surface area contributed by atoms with Crippen molar-refractivity contribution in [3.05, 3.63) is 34.9 Å². The Bertz CT molecular complexity index is 441. The van der Waals surface area contributed by atoms with Gasteiger partial charge in [-0.15, -0.1) is 0 Å². The van der Waals surface area contributed by atoms with Crippen LogP contribution in [0.1, 0.15) is 38.3 Å². The third-order valence-corrected chi connectivity index (χ3v) is 4.75. The van der Waals surface area contributed by atoms with Gasteiger partial charge in [-0.05, 0) is 43.5 Å². The highest BCUT2D eigenvalue weighted by atomic mass is 35.5. The van der Waals surface area contributed by atoms with Gasteiger partial charge in [0.05, 0.1) is 6.10 Å². The first-order chi connectivity index (χ1) is 10.1. The van der Waals surface area contributed by atoms with Gasteiger partial charge in [-0.25, -0.2) is 0 Å². The molecule has 1 heterocycles. The lowest BCUT2D eigenvalue weighted by Crippen LogP contribution is -2.43. The molecule has 21 heavy (non-hydrogen) atoms. The van der Waals surface area contributed by atoms with Crippen LogP contribution in [-0.4, -0.2) is 42.3 Å². The maximum atomic E-state index is 9.82. The molecule has 0 spiro atoms. The Morgan fingerprint density at radius 3 is 2.86 bits per heavy atom. The van der Waals surface area contributed by atoms with Gasteiger partial charge in [-0.2, -0.15) is 0 Å². The molecule has 1 fully saturated rings. The number of aliphatic hydroxyl groups excluding tert-OH is 1. The molecule has 118 valence electrons. The molecular weight excluding hydrogens is 284 g/mol. The van der Waals surface area contributed by atoms with E-state index < -0.39 is 0 Å². The van der Waals surface area contributed by atoms with Crippen molar-refractivity contribution in [1.82, 2.24) is 10.2 Å². The Hall–Kier alpha value is -0.610. The van der Waals surface area contributed by atoms with Crippen LogP contribution in [0.4, 0.5) is 0 Å². The summed E-state index contributed by atoms with van der Waals surface area (Å²) < 4.78 is 0. The van der Waals surface area contributed by atoms with Gasteiger partial charge >= 0.3 is 0 Å². The van der Waals surface area contributed by atoms with E-state index in [1.165, 1.54) is 5.56 Å². The molecule has 2 rings (SSSR count). The first-order valence-corrected chi connectivity index (χ1v) is 8.37. The molecule has 2 N–H and O–H groups in total. The van der Waals surface area contributed by atoms with Crippen molar-refractivity contribution < 1.29 is 5.11 Å². The number of aliphatic hydroxyl groups is 1. The summed E-state index contributed by atoms with van der Waals surface area (Å²) in [6, 6.07) is 8.39. The average Bonchev–Trinajstić information content (AvgIpc) is 2.48. The zero-order valence-electron chi connectivity index (χ0n) is 13.1. The Labute approximate surface area is 133 Å². The minimum absolute atomic E-state index is 0.130. The van der Waals surface area contributed by atoms with Crippen LogP contribution in [0.3, 0.4) is 0 Å². The number of piperidine rings is 1. The maximum absolute atomic E-state index is 9.82. The fourth-order valence-corrected chi connectivity index (χ4v) is 3.37. The van der Waals surface area contributed by atoms with Gasteiger partial charge in [0, 0.05) is 24.2 Å². The molecule has 0 amide bonds. The summed E-state index contributed by atoms with van der Waals surface area (Å²) >= 11 is 6.33. The fourth-order valence-electron chi connectivity index (χ4n) is 3.11. The van der Waals surface area contributed by atoms with Gasteiger partial charge in [-0.3, -0.25) is 0 Å². The number of nitrogens with one attached hydrogen (secondary N) is 1. The quantitative estimate of drug-likeness (QED) is 0.847. The van der Waals surface area contributed by atoms with Crippen LogP contribution in [0.15, 0.2) is 24.3 Å². The first-order valence-electron chi connectivity index (χ1n) is 8.00. The van der Waals surface area contributed by atoms with Crippen molar-refractivity contribution in [3.8, 4) is 0 Å². The van der Waals surface area contributed by atoms with E-state index in [9.17, 15) is 5.11 Å². The molecule has 1 aromatic rings. The summed E-state index contributed by atoms with van der Waals surface area (Å²) in [4.78, 5) is 2.46. The Morgan fingerprint density at radius 1 is 1.43 bits per heavy atom. The summed E-state index contributed by atoms with van der Waals surface area (Å²) in [6.45, 7) is 8.22. The van der Waals surface area contributed by atoms with E-state index in [2.05, 4.69) is 30.1 Å². The molecule has 0 bridgehead atoms. The van der Waals surface area contributed by atoms with Crippen LogP contribution >= 0.6 is 11.6 Å². The lowest BCUT2D eigenvalue weighted by molar-refractivity contribution is 0.0337. The Morgan fingerprint density at radius 2 is 2.19 bits per heavy atom. The number of rotatable bonds is 6. The van der Waals surface area contributed by atoms with Crippen LogP contribution in [0.2, 0.25) is 5.02 Å². The van der Waals surface area contributed by atoms with Gasteiger partial charge in [0.1, 0.15) is 0 Å². The molecule has 1 aromatic carbocycles. The van der Waals surface area contributed by atoms with E-state index in [1.54, 1.807) is 0 Å². The Balaban J connectivity index is 1.93. The lowest BCUT2D eigenvalue weighted by atomic mass is 9.96. The van der Waals surface area contributed by atoms with E-state index in [0.717, 1.165) is 44.0 Å². The average molecular weight is 311 g/mol. The second-order valence-electron chi connectivity index (χ2n) is 6.05. The van der Waals surface area contributed by atoms with Gasteiger partial charge in [0.15, 0.2) is 0 Å². The van der Waals surface area contributed by atoms with Crippen LogP contribution in [0, 0.1) is 5.92 Å². The van der Waals surface area contributed by atoms with Crippen LogP contribution in [0.5, 0.6) is 0 Å². The zero-order valence-corrected chi connectivity index (χ0v) is 13.8. The monoisotopic (exact) mass is 310 g/mol. The van der Waals surface area contributed by atoms with Crippen molar-refractivity contribution in [1.29, 1.82) is 0 Å². The van der Waals surface area contributed by atoms with Gasteiger partial charge in [-0.1, -0.05) is 43.6 Å². The molecule has 1 aliphatic heterocycles. The second-order valence-corrected chi connectivity index (χ2v) is 6.46. The first kappa shape index (κ1) is 16.8. The minimum atomic E-state index is -0.130. The molecule has 3 atom stereocenters. The highest BCUT2D eigenvalue weighted by molar-refractivity contribution is 6.31. The number of halogens is 1. The largest absolute Gasteiger partial charge is 0.393 e. The molecule has 0 aliphatic carbocycles. The van der Waals surface area contributed by atoms with E-state index in [-0.39, 0.29) is 6.10 Å². The number of benzene rings is 1. The topological polar surface area (TPSA) is 35.5 Å². The number of hydrogen-bond acceptors (Lipinski definition) is 3. The van der Waals surface area contributed by atoms with Gasteiger partial charge < -0.3 is 15.3 Å². The number of likely N-dealkylation sites (tertiary alicyclic amines) is 1. The fraction of sp³-hybridized carbons (Fsp3) is 0.647. The molecule has 1 saturated heterocycles. The highest BCUT2D eigenvalue weighted by Crippen LogP contribution is 2.26. The lowest BCUT2D eigenvalue weighted by Gasteiger charge is -2.35. The molecule has 4 heteroatoms. The summed E-state index contributed by atoms with van der Waals surface area (Å²) in [7, 11) is 0. The van der Waals surface area contributed by atoms with Crippen molar-refractivity contribution >= 4 is 11.6 Å². The third-order valence-electron chi connectivity index (χ3n) is 4.41. The van der Waals surface area contributed by atoms with Gasteiger partial charge in [0.2, 0.25) is 0 Å². The minimum Gasteiger partial charge on any atom is -0.393 e. The normalized spacial score (nSPS) is 25.0. The third kappa shape index (κ3) is 4.68. The van der Waals surface area contributed by atoms with Crippen molar-refractivity contribution in [2.75, 3.05) is 26.2 Å². The number of hydrogen-bond donors (Lipinski definition) is 2. The molecule has 1 aliphatic rings. The predicted molar refractivity (Wildman–Crippen MR) is 88.7 cm³/mol. The molecule has 0 saturated carbocycles. The van der Waals surface area contributed by atoms with Crippen LogP contribution in [0.25, 0.3) is 0 Å². The number of nitrogens with zero attached hydrogens (tertiary/aromatic N) is 1. The van der Waals surface area contributed by atoms with Crippen molar-refractivity contribution in [2.45, 2.75) is 38.8 Å². The zero-order chi connectivity index (χ0) is 15.2. The van der Waals surface area contributed by atoms with Crippen molar-refractivity contribution in [3.63, 3.8) is 0 Å². The molecule has 0 radical (unpaired) electrons. The Kier molecular flexibility index (Phi) is 6.49. The summed E-state index contributed by atoms with van der Waals surface area (Å²) in [5.74, 6) is 0.372. The second kappa shape index (κ2) is 8.14. The predicted octanol–water partition coefficient (Wildman–Crippen LogP) is 3.08. The SMILES string of the molecule is CCNC(CCN1CCC(O)C(C)C1)c1ccccc1Cl. The molecule has 3 unspecified atom stereocenters. The summed E-state index contributed by atoms with van der Waals surface area (Å²) in [5.41, 5.74) is 1.19. The van der Waals surface area contributed by atoms with E-state index in [1.807, 2.05) is 18.2 Å². The van der Waals surface area contributed by atoms with E-state index in [4.69, 9.17) is 11.6 Å². The van der Waals surface area contributed by atoms with Crippen LogP contribution < -0.4 is 5.32 Å². The van der Waals surface area contributed by atoms with Crippen LogP contribution in [-0.2, 0) is 0 Å². The van der Waals surface area contributed by atoms with E-state index in [0.29, 0.717) is 12.0 Å². The molecular formula is C17H27ClN2O. The maximum Gasteiger partial charge on any atom is 0.0590 e. The standard InChI is InChI=1S/C17H27ClN2O/c1-3-19-16(14-6-4-5-7-15(14)18)8-10-20-11-9-17(21)13(2)12-20/h4-7,13,16-17,19,21H,3,8-12H2,1-2H3. The van der Waals surface area contributed by atoms with Gasteiger partial charge in [0.25, 0.3) is 0 Å². The molecule has 0 aromatic heterocycles. The molecule has 3 nitrogen and oxygen atoms in total. The van der Waals surface area contributed by atoms with E-state index >= 15 is 0 Å². The summed E-state index contributed by atoms with van der Waals surface area (Å²) in [5, 5.41) is 14.2. The van der Waals surface area contributed by atoms with Crippen molar-refractivity contribution in [2.24, 2.45) is 5.92 Å². The summed E-state index contributed by atoms with van der Waals surface area (Å²) in [6.07, 6.45) is 1.80.